The summed E-state index contributed by atoms with van der Waals surface area (Å²) in [5.41, 5.74) is 4.63. The monoisotopic (exact) mass is 367 g/mol. The van der Waals surface area contributed by atoms with Crippen LogP contribution in [0, 0.1) is 5.41 Å². The molecule has 1 aliphatic rings. The van der Waals surface area contributed by atoms with Crippen molar-refractivity contribution in [1.29, 1.82) is 0 Å². The molecule has 0 aromatic rings. The Morgan fingerprint density at radius 1 is 1.15 bits per heavy atom. The zero-order valence-corrected chi connectivity index (χ0v) is 16.0. The van der Waals surface area contributed by atoms with Crippen LogP contribution in [0.4, 0.5) is 0 Å². The Labute approximate surface area is 136 Å². The molecule has 0 spiro atoms. The van der Waals surface area contributed by atoms with Gasteiger partial charge in [0.05, 0.1) is 0 Å². The average Bonchev–Trinajstić information content (AvgIpc) is 2.30. The van der Waals surface area contributed by atoms with E-state index in [-0.39, 0.29) is 11.0 Å². The van der Waals surface area contributed by atoms with Gasteiger partial charge in [-0.1, -0.05) is 0 Å². The molecule has 1 saturated heterocycles. The Morgan fingerprint density at radius 3 is 2.15 bits per heavy atom. The van der Waals surface area contributed by atoms with E-state index in [2.05, 4.69) is 85.1 Å². The molecule has 118 valence electrons. The van der Waals surface area contributed by atoms with Crippen molar-refractivity contribution in [1.82, 2.24) is 4.90 Å². The number of nitrogens with zero attached hydrogens (tertiary/aromatic N) is 1. The fourth-order valence-electron chi connectivity index (χ4n) is 2.98. The van der Waals surface area contributed by atoms with Gasteiger partial charge in [0.2, 0.25) is 0 Å². The zero-order chi connectivity index (χ0) is 15.7. The molecule has 0 atom stereocenters. The molecule has 0 bridgehead atoms. The number of rotatable bonds is 3. The summed E-state index contributed by atoms with van der Waals surface area (Å²) >= 11 is 3.60. The Bertz CT molecular complexity index is 448. The van der Waals surface area contributed by atoms with Crippen LogP contribution in [0.15, 0.2) is 22.9 Å². The van der Waals surface area contributed by atoms with E-state index in [0.717, 1.165) is 6.42 Å². The van der Waals surface area contributed by atoms with Crippen molar-refractivity contribution in [3.05, 3.63) is 22.9 Å². The number of piperidine rings is 1. The molecule has 0 unspecified atom stereocenters. The summed E-state index contributed by atoms with van der Waals surface area (Å²) in [6, 6.07) is 0. The molecule has 1 fully saturated rings. The Morgan fingerprint density at radius 2 is 1.70 bits per heavy atom. The maximum absolute atomic E-state index is 3.60. The molecule has 0 aromatic carbocycles. The number of hydrogen-bond acceptors (Lipinski definition) is 1. The fraction of sp³-hybridized carbons (Fsp3) is 0.722. The van der Waals surface area contributed by atoms with Crippen LogP contribution in [0.1, 0.15) is 74.7 Å². The van der Waals surface area contributed by atoms with Crippen LogP contribution in [0.5, 0.6) is 0 Å². The topological polar surface area (TPSA) is 3.24 Å². The van der Waals surface area contributed by atoms with Gasteiger partial charge in [-0.2, -0.15) is 0 Å². The Kier molecular flexibility index (Phi) is 5.62. The van der Waals surface area contributed by atoms with Gasteiger partial charge in [0.25, 0.3) is 0 Å². The van der Waals surface area contributed by atoms with Gasteiger partial charge < -0.3 is 0 Å². The first-order valence-corrected chi connectivity index (χ1v) is 8.45. The van der Waals surface area contributed by atoms with E-state index in [1.807, 2.05) is 0 Å². The third-order valence-electron chi connectivity index (χ3n) is 4.23. The van der Waals surface area contributed by atoms with Gasteiger partial charge in [0.1, 0.15) is 0 Å². The minimum absolute atomic E-state index is 0.186. The molecule has 20 heavy (non-hydrogen) atoms. The van der Waals surface area contributed by atoms with Crippen molar-refractivity contribution in [2.45, 2.75) is 80.2 Å². The molecule has 1 aliphatic heterocycles. The number of hydrogen-bond donors (Lipinski definition) is 0. The predicted molar refractivity (Wildman–Crippen MR) is 86.4 cm³/mol. The second kappa shape index (κ2) is 6.29. The molecule has 1 nitrogen and oxygen atoms in total. The van der Waals surface area contributed by atoms with Gasteiger partial charge in [-0.3, -0.25) is 0 Å². The number of allylic oxidation sites excluding steroid dienone is 4. The summed E-state index contributed by atoms with van der Waals surface area (Å²) in [6.07, 6.45) is 5.84. The first-order chi connectivity index (χ1) is 9.03. The van der Waals surface area contributed by atoms with Crippen LogP contribution >= 0.6 is 0 Å². The maximum atomic E-state index is 3.60. The molecule has 2 heteroatoms. The Balaban J connectivity index is 3.36. The summed E-state index contributed by atoms with van der Waals surface area (Å²) < 4.78 is 1.37. The van der Waals surface area contributed by atoms with Crippen LogP contribution in [-0.4, -0.2) is 14.5 Å². The fourth-order valence-corrected chi connectivity index (χ4v) is 3.86. The van der Waals surface area contributed by atoms with Gasteiger partial charge in [-0.25, -0.2) is 0 Å². The zero-order valence-electron chi connectivity index (χ0n) is 14.5. The van der Waals surface area contributed by atoms with Gasteiger partial charge in [-0.15, -0.1) is 0 Å². The molecule has 1 heterocycles. The third-order valence-corrected chi connectivity index (χ3v) is 5.63. The van der Waals surface area contributed by atoms with E-state index in [9.17, 15) is 0 Å². The summed E-state index contributed by atoms with van der Waals surface area (Å²) in [5, 5.41) is 0. The molecule has 0 saturated carbocycles. The number of likely N-dealkylation sites (tertiary alicyclic amines) is 1. The van der Waals surface area contributed by atoms with Gasteiger partial charge in [0.15, 0.2) is 0 Å². The SMILES string of the molecule is CC/C(=C(/C)C=C(C)C)N1[C](=[Pd])C(C)(C)CCC1(C)C. The van der Waals surface area contributed by atoms with Crippen LogP contribution in [0.2, 0.25) is 0 Å². The molecule has 0 aromatic heterocycles. The van der Waals surface area contributed by atoms with Crippen molar-refractivity contribution in [3.63, 3.8) is 0 Å². The molecule has 0 amide bonds. The van der Waals surface area contributed by atoms with E-state index in [4.69, 9.17) is 0 Å². The van der Waals surface area contributed by atoms with Crippen molar-refractivity contribution in [2.75, 3.05) is 0 Å². The van der Waals surface area contributed by atoms with Gasteiger partial charge in [0, 0.05) is 0 Å². The van der Waals surface area contributed by atoms with E-state index in [1.165, 1.54) is 33.8 Å². The minimum atomic E-state index is 0.186. The van der Waals surface area contributed by atoms with Crippen LogP contribution in [0.3, 0.4) is 0 Å². The second-order valence-corrected chi connectivity index (χ2v) is 8.23. The van der Waals surface area contributed by atoms with Crippen molar-refractivity contribution >= 4 is 4.11 Å². The average molecular weight is 368 g/mol. The standard InChI is InChI=1S/C18H31N.Pd/c1-9-16(15(4)12-14(2)3)19-13-17(5,6)10-11-18(19,7)8;/h12H,9-11H2,1-8H3;/b16-15+;. The van der Waals surface area contributed by atoms with Crippen LogP contribution < -0.4 is 0 Å². The molecule has 0 aliphatic carbocycles. The second-order valence-electron chi connectivity index (χ2n) is 7.50. The molecular formula is C18H31NPd. The molecule has 1 rings (SSSR count). The molecule has 0 radical (unpaired) electrons. The van der Waals surface area contributed by atoms with Crippen LogP contribution in [-0.2, 0) is 18.7 Å². The summed E-state index contributed by atoms with van der Waals surface area (Å²) in [4.78, 5) is 2.56. The van der Waals surface area contributed by atoms with Gasteiger partial charge in [-0.05, 0) is 0 Å². The van der Waals surface area contributed by atoms with E-state index >= 15 is 0 Å². The first kappa shape index (κ1) is 17.9. The van der Waals surface area contributed by atoms with E-state index < -0.39 is 0 Å². The van der Waals surface area contributed by atoms with Crippen molar-refractivity contribution in [2.24, 2.45) is 5.41 Å². The molecule has 0 N–H and O–H groups in total. The first-order valence-electron chi connectivity index (χ1n) is 7.67. The normalized spacial score (nSPS) is 22.5. The van der Waals surface area contributed by atoms with Crippen molar-refractivity contribution < 1.29 is 18.7 Å². The van der Waals surface area contributed by atoms with E-state index in [0.29, 0.717) is 0 Å². The summed E-state index contributed by atoms with van der Waals surface area (Å²) in [6.45, 7) is 18.3. The van der Waals surface area contributed by atoms with Crippen molar-refractivity contribution in [3.8, 4) is 0 Å². The van der Waals surface area contributed by atoms with E-state index in [1.54, 1.807) is 0 Å². The quantitative estimate of drug-likeness (QED) is 0.488. The summed E-state index contributed by atoms with van der Waals surface area (Å²) in [7, 11) is 0. The molecular weight excluding hydrogens is 337 g/mol. The summed E-state index contributed by atoms with van der Waals surface area (Å²) in [5.74, 6) is 0. The van der Waals surface area contributed by atoms with Gasteiger partial charge >= 0.3 is 136 Å². The Hall–Kier alpha value is -0.188. The predicted octanol–water partition coefficient (Wildman–Crippen LogP) is 5.21. The third kappa shape index (κ3) is 3.72. The van der Waals surface area contributed by atoms with Crippen LogP contribution in [0.25, 0.3) is 0 Å².